The summed E-state index contributed by atoms with van der Waals surface area (Å²) in [6.07, 6.45) is 0.423. The van der Waals surface area contributed by atoms with Crippen LogP contribution in [0.2, 0.25) is 0 Å². The molecule has 3 rings (SSSR count). The molecule has 12 heteroatoms. The number of nitrogens with one attached hydrogen (secondary N) is 2. The third kappa shape index (κ3) is 6.19. The fourth-order valence-corrected chi connectivity index (χ4v) is 3.59. The Labute approximate surface area is 193 Å². The fraction of sp³-hybridized carbons (Fsp3) is 0.318. The lowest BCUT2D eigenvalue weighted by Crippen LogP contribution is -2.49. The Bertz CT molecular complexity index is 1090. The van der Waals surface area contributed by atoms with Gasteiger partial charge in [-0.05, 0) is 55.8 Å². The van der Waals surface area contributed by atoms with Crippen molar-refractivity contribution < 1.29 is 38.5 Å². The third-order valence-electron chi connectivity index (χ3n) is 5.26. The monoisotopic (exact) mass is 472 g/mol. The second kappa shape index (κ2) is 10.6. The van der Waals surface area contributed by atoms with Crippen LogP contribution in [0.4, 0.5) is 0 Å². The molecule has 1 fully saturated rings. The van der Waals surface area contributed by atoms with Crippen LogP contribution in [0.3, 0.4) is 0 Å². The van der Waals surface area contributed by atoms with E-state index in [-0.39, 0.29) is 23.9 Å². The molecule has 0 aliphatic carbocycles. The van der Waals surface area contributed by atoms with E-state index in [4.69, 9.17) is 30.5 Å². The van der Waals surface area contributed by atoms with Crippen molar-refractivity contribution >= 4 is 29.7 Å². The molecule has 0 saturated carbocycles. The Hall–Kier alpha value is -4.19. The molecule has 1 amide bonds. The number of aliphatic carboxylic acids is 2. The number of carbonyl (C=O) groups is 4. The van der Waals surface area contributed by atoms with Crippen LogP contribution in [-0.2, 0) is 20.9 Å². The van der Waals surface area contributed by atoms with E-state index in [1.807, 2.05) is 0 Å². The number of amidine groups is 1. The summed E-state index contributed by atoms with van der Waals surface area (Å²) in [4.78, 5) is 48.8. The number of nitrogen functional groups attached to an aromatic ring is 1. The maximum Gasteiger partial charge on any atom is 0.379 e. The number of hydrogen-bond acceptors (Lipinski definition) is 8. The predicted octanol–water partition coefficient (Wildman–Crippen LogP) is 0.791. The van der Waals surface area contributed by atoms with Gasteiger partial charge in [0.2, 0.25) is 11.7 Å². The van der Waals surface area contributed by atoms with Gasteiger partial charge in [0, 0.05) is 5.56 Å². The maximum atomic E-state index is 12.6. The number of benzene rings is 1. The molecule has 1 aliphatic rings. The van der Waals surface area contributed by atoms with E-state index >= 15 is 0 Å². The number of furan rings is 1. The van der Waals surface area contributed by atoms with Gasteiger partial charge < -0.3 is 30.4 Å². The zero-order chi connectivity index (χ0) is 24.8. The van der Waals surface area contributed by atoms with Crippen molar-refractivity contribution in [2.75, 3.05) is 6.54 Å². The van der Waals surface area contributed by atoms with E-state index < -0.39 is 42.3 Å². The molecule has 1 saturated heterocycles. The molecule has 1 aromatic carbocycles. The van der Waals surface area contributed by atoms with Crippen molar-refractivity contribution in [3.8, 4) is 5.75 Å². The first kappa shape index (κ1) is 24.5. The highest BCUT2D eigenvalue weighted by Gasteiger charge is 2.34. The summed E-state index contributed by atoms with van der Waals surface area (Å²) in [5.74, 6) is -3.56. The first-order valence-electron chi connectivity index (χ1n) is 10.4. The molecule has 12 nitrogen and oxygen atoms in total. The zero-order valence-electron chi connectivity index (χ0n) is 18.0. The minimum absolute atomic E-state index is 0.0433. The third-order valence-corrected chi connectivity index (χ3v) is 5.26. The SMILES string of the molecule is N=C(N)c1ccc(OC(=O)c2ccc(CN3CCC[C@H]3C(=O)NC(CC(=O)O)C(=O)O)o2)cc1. The molecule has 1 unspecified atom stereocenters. The standard InChI is InChI=1S/C22H24N4O8/c23-19(24)12-3-5-13(6-4-12)34-22(32)17-8-7-14(33-17)11-26-9-1-2-16(26)20(29)25-15(21(30)31)10-18(27)28/h3-8,15-16H,1-2,9-11H2,(H3,23,24)(H,25,29)(H,27,28)(H,30,31)/t15?,16-/m0/s1. The molecule has 34 heavy (non-hydrogen) atoms. The Morgan fingerprint density at radius 2 is 1.88 bits per heavy atom. The number of carbonyl (C=O) groups excluding carboxylic acids is 2. The largest absolute Gasteiger partial charge is 0.481 e. The average molecular weight is 472 g/mol. The lowest BCUT2D eigenvalue weighted by molar-refractivity contribution is -0.147. The Morgan fingerprint density at radius 1 is 1.18 bits per heavy atom. The summed E-state index contributed by atoms with van der Waals surface area (Å²) >= 11 is 0. The van der Waals surface area contributed by atoms with Crippen LogP contribution in [0.25, 0.3) is 0 Å². The molecule has 2 heterocycles. The van der Waals surface area contributed by atoms with Crippen molar-refractivity contribution in [1.29, 1.82) is 5.41 Å². The summed E-state index contributed by atoms with van der Waals surface area (Å²) in [5.41, 5.74) is 5.88. The van der Waals surface area contributed by atoms with Crippen molar-refractivity contribution in [3.63, 3.8) is 0 Å². The average Bonchev–Trinajstić information content (AvgIpc) is 3.43. The predicted molar refractivity (Wildman–Crippen MR) is 116 cm³/mol. The van der Waals surface area contributed by atoms with Gasteiger partial charge in [-0.1, -0.05) is 0 Å². The van der Waals surface area contributed by atoms with Crippen LogP contribution in [0.1, 0.15) is 41.1 Å². The summed E-state index contributed by atoms with van der Waals surface area (Å²) in [6.45, 7) is 0.729. The van der Waals surface area contributed by atoms with Crippen molar-refractivity contribution in [2.45, 2.75) is 37.9 Å². The summed E-state index contributed by atoms with van der Waals surface area (Å²) in [5, 5.41) is 27.6. The minimum Gasteiger partial charge on any atom is -0.481 e. The number of carboxylic acid groups (broad SMARTS) is 2. The molecule has 0 radical (unpaired) electrons. The van der Waals surface area contributed by atoms with Crippen LogP contribution in [0.15, 0.2) is 40.8 Å². The number of nitrogens with two attached hydrogens (primary N) is 1. The van der Waals surface area contributed by atoms with E-state index in [2.05, 4.69) is 5.32 Å². The molecule has 180 valence electrons. The smallest absolute Gasteiger partial charge is 0.379 e. The number of amides is 1. The second-order valence-electron chi connectivity index (χ2n) is 7.72. The fourth-order valence-electron chi connectivity index (χ4n) is 3.59. The van der Waals surface area contributed by atoms with Gasteiger partial charge >= 0.3 is 17.9 Å². The van der Waals surface area contributed by atoms with E-state index in [0.717, 1.165) is 0 Å². The molecular weight excluding hydrogens is 448 g/mol. The number of carboxylic acids is 2. The summed E-state index contributed by atoms with van der Waals surface area (Å²) in [6, 6.07) is 6.93. The van der Waals surface area contributed by atoms with Gasteiger partial charge in [-0.25, -0.2) is 9.59 Å². The van der Waals surface area contributed by atoms with Gasteiger partial charge in [-0.2, -0.15) is 0 Å². The van der Waals surface area contributed by atoms with Crippen LogP contribution in [0, 0.1) is 5.41 Å². The molecule has 1 aliphatic heterocycles. The van der Waals surface area contributed by atoms with E-state index in [9.17, 15) is 19.2 Å². The topological polar surface area (TPSA) is 196 Å². The zero-order valence-corrected chi connectivity index (χ0v) is 18.0. The maximum absolute atomic E-state index is 12.6. The number of nitrogens with zero attached hydrogens (tertiary/aromatic N) is 1. The second-order valence-corrected chi connectivity index (χ2v) is 7.72. The summed E-state index contributed by atoms with van der Waals surface area (Å²) in [7, 11) is 0. The first-order chi connectivity index (χ1) is 16.1. The normalized spacial score (nSPS) is 16.5. The molecule has 0 bridgehead atoms. The van der Waals surface area contributed by atoms with Crippen LogP contribution >= 0.6 is 0 Å². The molecule has 6 N–H and O–H groups in total. The van der Waals surface area contributed by atoms with E-state index in [0.29, 0.717) is 30.7 Å². The first-order valence-corrected chi connectivity index (χ1v) is 10.4. The Kier molecular flexibility index (Phi) is 7.64. The molecule has 1 aromatic heterocycles. The van der Waals surface area contributed by atoms with E-state index in [1.54, 1.807) is 23.1 Å². The number of ether oxygens (including phenoxy) is 1. The van der Waals surface area contributed by atoms with Gasteiger partial charge in [0.05, 0.1) is 19.0 Å². The van der Waals surface area contributed by atoms with Crippen LogP contribution in [0.5, 0.6) is 5.75 Å². The number of hydrogen-bond donors (Lipinski definition) is 5. The quantitative estimate of drug-likeness (QED) is 0.143. The number of likely N-dealkylation sites (tertiary alicyclic amines) is 1. The molecule has 0 spiro atoms. The van der Waals surface area contributed by atoms with Gasteiger partial charge in [0.1, 0.15) is 23.4 Å². The molecular formula is C22H24N4O8. The Balaban J connectivity index is 1.60. The summed E-state index contributed by atoms with van der Waals surface area (Å²) < 4.78 is 10.8. The molecule has 2 atom stereocenters. The van der Waals surface area contributed by atoms with Crippen molar-refractivity contribution in [1.82, 2.24) is 10.2 Å². The highest BCUT2D eigenvalue weighted by molar-refractivity contribution is 5.95. The lowest BCUT2D eigenvalue weighted by Gasteiger charge is -2.24. The van der Waals surface area contributed by atoms with Gasteiger partial charge in [-0.3, -0.25) is 19.9 Å². The van der Waals surface area contributed by atoms with Gasteiger partial charge in [0.15, 0.2) is 0 Å². The van der Waals surface area contributed by atoms with Gasteiger partial charge in [-0.15, -0.1) is 0 Å². The Morgan fingerprint density at radius 3 is 2.50 bits per heavy atom. The van der Waals surface area contributed by atoms with Crippen molar-refractivity contribution in [2.24, 2.45) is 5.73 Å². The lowest BCUT2D eigenvalue weighted by atomic mass is 10.1. The molecule has 2 aromatic rings. The minimum atomic E-state index is -1.53. The number of esters is 1. The van der Waals surface area contributed by atoms with E-state index in [1.165, 1.54) is 18.2 Å². The highest BCUT2D eigenvalue weighted by atomic mass is 16.5. The van der Waals surface area contributed by atoms with Crippen molar-refractivity contribution in [3.05, 3.63) is 53.5 Å². The van der Waals surface area contributed by atoms with Crippen LogP contribution in [-0.4, -0.2) is 63.4 Å². The number of rotatable bonds is 10. The highest BCUT2D eigenvalue weighted by Crippen LogP contribution is 2.22. The van der Waals surface area contributed by atoms with Gasteiger partial charge in [0.25, 0.3) is 0 Å². The van der Waals surface area contributed by atoms with Crippen LogP contribution < -0.4 is 15.8 Å².